The predicted octanol–water partition coefficient (Wildman–Crippen LogP) is 3.79. The molecule has 0 saturated carbocycles. The Morgan fingerprint density at radius 3 is 2.81 bits per heavy atom. The molecule has 16 heavy (non-hydrogen) atoms. The van der Waals surface area contributed by atoms with Gasteiger partial charge >= 0.3 is 0 Å². The summed E-state index contributed by atoms with van der Waals surface area (Å²) < 4.78 is 0. The molecule has 0 atom stereocenters. The van der Waals surface area contributed by atoms with Gasteiger partial charge in [-0.25, -0.2) is 0 Å². The monoisotopic (exact) mass is 207 g/mol. The van der Waals surface area contributed by atoms with Crippen LogP contribution in [-0.4, -0.2) is 0 Å². The third kappa shape index (κ3) is 1.50. The Bertz CT molecular complexity index is 503. The highest BCUT2D eigenvalue weighted by Crippen LogP contribution is 2.30. The maximum Gasteiger partial charge on any atom is 0.0491 e. The number of benzene rings is 1. The van der Waals surface area contributed by atoms with Gasteiger partial charge in [-0.3, -0.25) is 0 Å². The van der Waals surface area contributed by atoms with Crippen LogP contribution in [0.25, 0.3) is 0 Å². The first-order valence-corrected chi connectivity index (χ1v) is 5.55. The molecule has 2 aliphatic rings. The summed E-state index contributed by atoms with van der Waals surface area (Å²) in [6.07, 6.45) is 14.0. The Morgan fingerprint density at radius 1 is 1.06 bits per heavy atom. The van der Waals surface area contributed by atoms with E-state index in [1.807, 2.05) is 6.07 Å². The molecule has 0 spiro atoms. The molecular weight excluding hydrogens is 194 g/mol. The van der Waals surface area contributed by atoms with Crippen LogP contribution < -0.4 is 4.90 Å². The van der Waals surface area contributed by atoms with Gasteiger partial charge in [0, 0.05) is 17.6 Å². The first kappa shape index (κ1) is 9.22. The van der Waals surface area contributed by atoms with Gasteiger partial charge in [0.05, 0.1) is 0 Å². The number of fused-ring (bicyclic) bond motifs is 1. The van der Waals surface area contributed by atoms with E-state index in [2.05, 4.69) is 65.7 Å². The topological polar surface area (TPSA) is 3.24 Å². The first-order valence-electron chi connectivity index (χ1n) is 5.55. The molecule has 0 radical (unpaired) electrons. The van der Waals surface area contributed by atoms with Crippen LogP contribution in [0.5, 0.6) is 0 Å². The van der Waals surface area contributed by atoms with Crippen molar-refractivity contribution >= 4 is 5.69 Å². The second-order valence-corrected chi connectivity index (χ2v) is 3.90. The second kappa shape index (κ2) is 3.86. The van der Waals surface area contributed by atoms with E-state index in [4.69, 9.17) is 0 Å². The number of rotatable bonds is 1. The fourth-order valence-corrected chi connectivity index (χ4v) is 2.08. The molecule has 78 valence electrons. The molecule has 0 amide bonds. The van der Waals surface area contributed by atoms with E-state index >= 15 is 0 Å². The van der Waals surface area contributed by atoms with Crippen LogP contribution in [0.15, 0.2) is 78.2 Å². The SMILES string of the molecule is C1=CN(c2ccccc2)C2=CCC=CC2=C1. The lowest BCUT2D eigenvalue weighted by Crippen LogP contribution is -2.19. The van der Waals surface area contributed by atoms with E-state index in [0.29, 0.717) is 0 Å². The Balaban J connectivity index is 2.02. The van der Waals surface area contributed by atoms with Gasteiger partial charge in [0.25, 0.3) is 0 Å². The molecule has 1 aromatic rings. The van der Waals surface area contributed by atoms with E-state index in [1.54, 1.807) is 0 Å². The highest BCUT2D eigenvalue weighted by molar-refractivity contribution is 5.65. The number of hydrogen-bond acceptors (Lipinski definition) is 1. The summed E-state index contributed by atoms with van der Waals surface area (Å²) in [6.45, 7) is 0. The quantitative estimate of drug-likeness (QED) is 0.677. The fourth-order valence-electron chi connectivity index (χ4n) is 2.08. The number of hydrogen-bond donors (Lipinski definition) is 0. The Kier molecular flexibility index (Phi) is 2.22. The van der Waals surface area contributed by atoms with Crippen LogP contribution in [0.1, 0.15) is 6.42 Å². The minimum atomic E-state index is 1.02. The van der Waals surface area contributed by atoms with E-state index < -0.39 is 0 Å². The lowest BCUT2D eigenvalue weighted by atomic mass is 10.0. The van der Waals surface area contributed by atoms with E-state index in [0.717, 1.165) is 6.42 Å². The molecular formula is C15H13N. The lowest BCUT2D eigenvalue weighted by molar-refractivity contribution is 1.11. The number of nitrogens with zero attached hydrogens (tertiary/aromatic N) is 1. The van der Waals surface area contributed by atoms with Crippen LogP contribution in [-0.2, 0) is 0 Å². The molecule has 1 heteroatoms. The van der Waals surface area contributed by atoms with Gasteiger partial charge in [0.1, 0.15) is 0 Å². The summed E-state index contributed by atoms with van der Waals surface area (Å²) in [5.41, 5.74) is 3.79. The number of anilines is 1. The van der Waals surface area contributed by atoms with Crippen LogP contribution in [0.2, 0.25) is 0 Å². The summed E-state index contributed by atoms with van der Waals surface area (Å²) >= 11 is 0. The summed E-state index contributed by atoms with van der Waals surface area (Å²) in [6, 6.07) is 10.4. The van der Waals surface area contributed by atoms with Gasteiger partial charge in [-0.05, 0) is 30.2 Å². The summed E-state index contributed by atoms with van der Waals surface area (Å²) in [5.74, 6) is 0. The molecule has 0 bridgehead atoms. The Morgan fingerprint density at radius 2 is 1.94 bits per heavy atom. The maximum absolute atomic E-state index is 2.27. The van der Waals surface area contributed by atoms with Crippen molar-refractivity contribution in [3.8, 4) is 0 Å². The summed E-state index contributed by atoms with van der Waals surface area (Å²) in [4.78, 5) is 2.23. The minimum Gasteiger partial charge on any atom is -0.317 e. The molecule has 3 rings (SSSR count). The average molecular weight is 207 g/mol. The molecule has 0 saturated heterocycles. The van der Waals surface area contributed by atoms with Crippen molar-refractivity contribution in [3.05, 3.63) is 78.2 Å². The van der Waals surface area contributed by atoms with Crippen molar-refractivity contribution in [2.45, 2.75) is 6.42 Å². The van der Waals surface area contributed by atoms with Crippen LogP contribution in [0.3, 0.4) is 0 Å². The standard InChI is InChI=1S/C15H13N/c1-2-9-14(10-3-1)16-12-6-8-13-7-4-5-11-15(13)16/h1-4,6-12H,5H2. The summed E-state index contributed by atoms with van der Waals surface area (Å²) in [7, 11) is 0. The molecule has 1 aromatic carbocycles. The van der Waals surface area contributed by atoms with Gasteiger partial charge in [-0.2, -0.15) is 0 Å². The third-order valence-corrected chi connectivity index (χ3v) is 2.85. The third-order valence-electron chi connectivity index (χ3n) is 2.85. The highest BCUT2D eigenvalue weighted by atomic mass is 15.1. The maximum atomic E-state index is 2.27. The zero-order valence-corrected chi connectivity index (χ0v) is 9.01. The molecule has 1 heterocycles. The van der Waals surface area contributed by atoms with Gasteiger partial charge in [-0.15, -0.1) is 0 Å². The molecule has 0 N–H and O–H groups in total. The predicted molar refractivity (Wildman–Crippen MR) is 68.0 cm³/mol. The molecule has 1 aliphatic carbocycles. The van der Waals surface area contributed by atoms with Crippen LogP contribution in [0.4, 0.5) is 5.69 Å². The van der Waals surface area contributed by atoms with E-state index in [9.17, 15) is 0 Å². The van der Waals surface area contributed by atoms with Crippen molar-refractivity contribution in [2.24, 2.45) is 0 Å². The molecule has 1 aliphatic heterocycles. The van der Waals surface area contributed by atoms with Gasteiger partial charge < -0.3 is 4.90 Å². The summed E-state index contributed by atoms with van der Waals surface area (Å²) in [5, 5.41) is 0. The average Bonchev–Trinajstić information content (AvgIpc) is 2.39. The van der Waals surface area contributed by atoms with Gasteiger partial charge in [-0.1, -0.05) is 42.5 Å². The molecule has 0 fully saturated rings. The fraction of sp³-hybridized carbons (Fsp3) is 0.0667. The molecule has 0 unspecified atom stereocenters. The van der Waals surface area contributed by atoms with Crippen LogP contribution in [0, 0.1) is 0 Å². The normalized spacial score (nSPS) is 17.9. The Hall–Kier alpha value is -2.02. The minimum absolute atomic E-state index is 1.02. The lowest BCUT2D eigenvalue weighted by Gasteiger charge is -2.28. The van der Waals surface area contributed by atoms with Crippen molar-refractivity contribution in [2.75, 3.05) is 4.90 Å². The second-order valence-electron chi connectivity index (χ2n) is 3.90. The smallest absolute Gasteiger partial charge is 0.0491 e. The zero-order valence-electron chi connectivity index (χ0n) is 9.01. The number of allylic oxidation sites excluding steroid dienone is 5. The van der Waals surface area contributed by atoms with Gasteiger partial charge in [0.15, 0.2) is 0 Å². The zero-order chi connectivity index (χ0) is 10.8. The highest BCUT2D eigenvalue weighted by Gasteiger charge is 2.15. The van der Waals surface area contributed by atoms with E-state index in [-0.39, 0.29) is 0 Å². The molecule has 1 nitrogen and oxygen atoms in total. The van der Waals surface area contributed by atoms with Crippen molar-refractivity contribution in [1.82, 2.24) is 0 Å². The van der Waals surface area contributed by atoms with Gasteiger partial charge in [0.2, 0.25) is 0 Å². The largest absolute Gasteiger partial charge is 0.317 e. The molecule has 0 aromatic heterocycles. The van der Waals surface area contributed by atoms with E-state index in [1.165, 1.54) is 17.0 Å². The Labute approximate surface area is 95.7 Å². The van der Waals surface area contributed by atoms with Crippen LogP contribution >= 0.6 is 0 Å². The van der Waals surface area contributed by atoms with Crippen molar-refractivity contribution in [3.63, 3.8) is 0 Å². The first-order chi connectivity index (χ1) is 7.95. The van der Waals surface area contributed by atoms with Crippen molar-refractivity contribution < 1.29 is 0 Å². The number of para-hydroxylation sites is 1. The van der Waals surface area contributed by atoms with Crippen molar-refractivity contribution in [1.29, 1.82) is 0 Å².